The van der Waals surface area contributed by atoms with Crippen molar-refractivity contribution in [2.75, 3.05) is 31.1 Å². The predicted octanol–water partition coefficient (Wildman–Crippen LogP) is 2.90. The highest BCUT2D eigenvalue weighted by Crippen LogP contribution is 2.21. The van der Waals surface area contributed by atoms with Gasteiger partial charge in [0.05, 0.1) is 27.5 Å². The third-order valence-electron chi connectivity index (χ3n) is 6.16. The van der Waals surface area contributed by atoms with E-state index in [1.54, 1.807) is 0 Å². The van der Waals surface area contributed by atoms with E-state index in [-0.39, 0.29) is 17.2 Å². The Morgan fingerprint density at radius 2 is 2.00 bits per heavy atom. The van der Waals surface area contributed by atoms with Gasteiger partial charge >= 0.3 is 5.76 Å². The summed E-state index contributed by atoms with van der Waals surface area (Å²) in [6.07, 6.45) is 1.61. The molecule has 1 fully saturated rings. The van der Waals surface area contributed by atoms with Crippen molar-refractivity contribution in [3.63, 3.8) is 0 Å². The third-order valence-corrected chi connectivity index (χ3v) is 6.16. The highest BCUT2D eigenvalue weighted by Gasteiger charge is 2.21. The standard InChI is InChI=1S/C23H24N6O5/c30-21(7-3-12-28-19-9-8-16(29(32)33)15-20(19)34-23(28)31)26-10-4-11-27(14-13-26)22-24-17-5-1-2-6-18(17)25-22/h1-2,5-6,8-9,15H,3-4,7,10-14H2,(H,24,25). The molecule has 2 aromatic carbocycles. The lowest BCUT2D eigenvalue weighted by Crippen LogP contribution is -2.35. The molecule has 34 heavy (non-hydrogen) atoms. The number of para-hydroxylation sites is 2. The summed E-state index contributed by atoms with van der Waals surface area (Å²) in [6, 6.07) is 12.0. The van der Waals surface area contributed by atoms with Crippen LogP contribution in [0.3, 0.4) is 0 Å². The number of anilines is 1. The number of imidazole rings is 1. The van der Waals surface area contributed by atoms with Crippen LogP contribution in [0.4, 0.5) is 11.6 Å². The van der Waals surface area contributed by atoms with Gasteiger partial charge in [-0.3, -0.25) is 19.5 Å². The van der Waals surface area contributed by atoms with Crippen molar-refractivity contribution < 1.29 is 14.1 Å². The monoisotopic (exact) mass is 464 g/mol. The summed E-state index contributed by atoms with van der Waals surface area (Å²) in [6.45, 7) is 3.08. The van der Waals surface area contributed by atoms with E-state index in [1.807, 2.05) is 29.2 Å². The zero-order valence-electron chi connectivity index (χ0n) is 18.5. The van der Waals surface area contributed by atoms with Crippen LogP contribution in [0.25, 0.3) is 22.1 Å². The van der Waals surface area contributed by atoms with Gasteiger partial charge in [-0.25, -0.2) is 9.78 Å². The van der Waals surface area contributed by atoms with Gasteiger partial charge in [0.1, 0.15) is 0 Å². The maximum Gasteiger partial charge on any atom is 0.419 e. The quantitative estimate of drug-likeness (QED) is 0.343. The first-order valence-corrected chi connectivity index (χ1v) is 11.2. The molecule has 0 saturated carbocycles. The summed E-state index contributed by atoms with van der Waals surface area (Å²) < 4.78 is 6.56. The fraction of sp³-hybridized carbons (Fsp3) is 0.348. The maximum absolute atomic E-state index is 12.8. The number of nitro benzene ring substituents is 1. The number of aromatic amines is 1. The molecule has 0 radical (unpaired) electrons. The van der Waals surface area contributed by atoms with Crippen LogP contribution in [-0.4, -0.2) is 56.4 Å². The molecule has 5 rings (SSSR count). The van der Waals surface area contributed by atoms with Crippen molar-refractivity contribution in [2.24, 2.45) is 0 Å². The Hall–Kier alpha value is -4.15. The van der Waals surface area contributed by atoms with Crippen LogP contribution in [0, 0.1) is 10.1 Å². The van der Waals surface area contributed by atoms with E-state index in [1.165, 1.54) is 22.8 Å². The number of non-ortho nitro benzene ring substituents is 1. The fourth-order valence-electron chi connectivity index (χ4n) is 4.39. The second-order valence-corrected chi connectivity index (χ2v) is 8.33. The van der Waals surface area contributed by atoms with Crippen LogP contribution < -0.4 is 10.7 Å². The van der Waals surface area contributed by atoms with E-state index >= 15 is 0 Å². The normalized spacial score (nSPS) is 14.6. The first kappa shape index (κ1) is 21.7. The van der Waals surface area contributed by atoms with Crippen molar-refractivity contribution in [3.05, 3.63) is 63.1 Å². The number of oxazole rings is 1. The largest absolute Gasteiger partial charge is 0.419 e. The van der Waals surface area contributed by atoms with E-state index in [0.717, 1.165) is 29.9 Å². The summed E-state index contributed by atoms with van der Waals surface area (Å²) in [5, 5.41) is 10.9. The molecule has 11 heteroatoms. The van der Waals surface area contributed by atoms with E-state index in [0.29, 0.717) is 44.5 Å². The SMILES string of the molecule is O=C(CCCn1c(=O)oc2cc([N+](=O)[O-])ccc21)N1CCCN(c2nc3ccccc3[nH]2)CC1. The number of amides is 1. The van der Waals surface area contributed by atoms with Gasteiger partial charge in [-0.15, -0.1) is 0 Å². The molecule has 2 aromatic heterocycles. The predicted molar refractivity (Wildman–Crippen MR) is 126 cm³/mol. The summed E-state index contributed by atoms with van der Waals surface area (Å²) in [7, 11) is 0. The molecule has 4 aromatic rings. The Labute approximate surface area is 193 Å². The molecule has 0 unspecified atom stereocenters. The van der Waals surface area contributed by atoms with E-state index in [9.17, 15) is 19.7 Å². The lowest BCUT2D eigenvalue weighted by Gasteiger charge is -2.21. The zero-order valence-corrected chi connectivity index (χ0v) is 18.5. The summed E-state index contributed by atoms with van der Waals surface area (Å²) in [5.41, 5.74) is 2.43. The van der Waals surface area contributed by atoms with Gasteiger partial charge < -0.3 is 19.2 Å². The van der Waals surface area contributed by atoms with Crippen molar-refractivity contribution >= 4 is 39.7 Å². The third kappa shape index (κ3) is 4.24. The summed E-state index contributed by atoms with van der Waals surface area (Å²) in [4.78, 5) is 47.5. The smallest absolute Gasteiger partial charge is 0.407 e. The molecule has 176 valence electrons. The molecule has 1 aliphatic heterocycles. The van der Waals surface area contributed by atoms with Crippen molar-refractivity contribution in [1.82, 2.24) is 19.4 Å². The van der Waals surface area contributed by atoms with Gasteiger partial charge in [-0.05, 0) is 31.0 Å². The van der Waals surface area contributed by atoms with E-state index < -0.39 is 10.7 Å². The maximum atomic E-state index is 12.8. The highest BCUT2D eigenvalue weighted by molar-refractivity contribution is 5.78. The number of H-pyrrole nitrogens is 1. The molecular formula is C23H24N6O5. The number of nitro groups is 1. The fourth-order valence-corrected chi connectivity index (χ4v) is 4.39. The number of nitrogens with zero attached hydrogens (tertiary/aromatic N) is 5. The van der Waals surface area contributed by atoms with Crippen molar-refractivity contribution in [2.45, 2.75) is 25.8 Å². The number of carbonyl (C=O) groups excluding carboxylic acids is 1. The van der Waals surface area contributed by atoms with Gasteiger partial charge in [0.25, 0.3) is 5.69 Å². The van der Waals surface area contributed by atoms with Crippen LogP contribution in [0.15, 0.2) is 51.7 Å². The average Bonchev–Trinajstić information content (AvgIpc) is 3.29. The number of nitrogens with one attached hydrogen (secondary N) is 1. The molecule has 1 aliphatic rings. The van der Waals surface area contributed by atoms with Crippen LogP contribution in [-0.2, 0) is 11.3 Å². The molecule has 0 aliphatic carbocycles. The summed E-state index contributed by atoms with van der Waals surface area (Å²) in [5.74, 6) is 0.282. The number of hydrogen-bond acceptors (Lipinski definition) is 7. The van der Waals surface area contributed by atoms with E-state index in [2.05, 4.69) is 14.9 Å². The lowest BCUT2D eigenvalue weighted by molar-refractivity contribution is -0.384. The van der Waals surface area contributed by atoms with Crippen LogP contribution >= 0.6 is 0 Å². The summed E-state index contributed by atoms with van der Waals surface area (Å²) >= 11 is 0. The topological polar surface area (TPSA) is 131 Å². The molecular weight excluding hydrogens is 440 g/mol. The second kappa shape index (κ2) is 9.00. The Morgan fingerprint density at radius 1 is 1.15 bits per heavy atom. The highest BCUT2D eigenvalue weighted by atomic mass is 16.6. The van der Waals surface area contributed by atoms with Gasteiger partial charge in [-0.2, -0.15) is 0 Å². The number of aryl methyl sites for hydroxylation is 1. The van der Waals surface area contributed by atoms with Crippen LogP contribution in [0.1, 0.15) is 19.3 Å². The number of aromatic nitrogens is 3. The van der Waals surface area contributed by atoms with Gasteiger partial charge in [0, 0.05) is 45.2 Å². The number of benzene rings is 2. The Kier molecular flexibility index (Phi) is 5.74. The minimum Gasteiger partial charge on any atom is -0.407 e. The molecule has 0 atom stereocenters. The van der Waals surface area contributed by atoms with E-state index in [4.69, 9.17) is 4.42 Å². The molecule has 3 heterocycles. The van der Waals surface area contributed by atoms with Gasteiger partial charge in [-0.1, -0.05) is 12.1 Å². The molecule has 11 nitrogen and oxygen atoms in total. The van der Waals surface area contributed by atoms with Crippen molar-refractivity contribution in [1.29, 1.82) is 0 Å². The molecule has 0 spiro atoms. The molecule has 1 N–H and O–H groups in total. The second-order valence-electron chi connectivity index (χ2n) is 8.33. The minimum absolute atomic E-state index is 0.0444. The Balaban J connectivity index is 1.18. The average molecular weight is 464 g/mol. The lowest BCUT2D eigenvalue weighted by atomic mass is 10.2. The van der Waals surface area contributed by atoms with Gasteiger partial charge in [0.2, 0.25) is 11.9 Å². The number of rotatable bonds is 6. The number of fused-ring (bicyclic) bond motifs is 2. The molecule has 0 bridgehead atoms. The molecule has 1 saturated heterocycles. The number of hydrogen-bond donors (Lipinski definition) is 1. The minimum atomic E-state index is -0.584. The zero-order chi connectivity index (χ0) is 23.7. The van der Waals surface area contributed by atoms with Crippen LogP contribution in [0.5, 0.6) is 0 Å². The van der Waals surface area contributed by atoms with Gasteiger partial charge in [0.15, 0.2) is 5.58 Å². The first-order valence-electron chi connectivity index (χ1n) is 11.2. The first-order chi connectivity index (χ1) is 16.5. The van der Waals surface area contributed by atoms with Crippen LogP contribution in [0.2, 0.25) is 0 Å². The molecule has 1 amide bonds. The Bertz CT molecular complexity index is 1390. The Morgan fingerprint density at radius 3 is 2.82 bits per heavy atom. The van der Waals surface area contributed by atoms with Crippen molar-refractivity contribution in [3.8, 4) is 0 Å². The number of carbonyl (C=O) groups is 1.